The largest absolute Gasteiger partial charge is 0.492 e. The molecule has 0 saturated heterocycles. The lowest BCUT2D eigenvalue weighted by Gasteiger charge is -2.32. The van der Waals surface area contributed by atoms with Gasteiger partial charge in [0.05, 0.1) is 13.2 Å². The van der Waals surface area contributed by atoms with Crippen LogP contribution in [0.5, 0.6) is 17.2 Å². The lowest BCUT2D eigenvalue weighted by Crippen LogP contribution is -2.57. The second-order valence-corrected chi connectivity index (χ2v) is 8.09. The van der Waals surface area contributed by atoms with Crippen molar-refractivity contribution in [3.63, 3.8) is 0 Å². The van der Waals surface area contributed by atoms with Gasteiger partial charge in [0.15, 0.2) is 0 Å². The molecule has 8 nitrogen and oxygen atoms in total. The summed E-state index contributed by atoms with van der Waals surface area (Å²) in [6.07, 6.45) is -0.698. The highest BCUT2D eigenvalue weighted by molar-refractivity contribution is 5.95. The number of benzene rings is 2. The molecule has 1 N–H and O–H groups in total. The number of carbonyl (C=O) groups is 2. The second-order valence-electron chi connectivity index (χ2n) is 8.09. The highest BCUT2D eigenvalue weighted by atomic mass is 19.1. The predicted molar refractivity (Wildman–Crippen MR) is 132 cm³/mol. The molecule has 2 amide bonds. The summed E-state index contributed by atoms with van der Waals surface area (Å²) in [4.78, 5) is 26.9. The predicted octanol–water partition coefficient (Wildman–Crippen LogP) is 4.85. The summed E-state index contributed by atoms with van der Waals surface area (Å²) in [5.41, 5.74) is 3.23. The van der Waals surface area contributed by atoms with E-state index >= 15 is 0 Å². The van der Waals surface area contributed by atoms with Crippen LogP contribution in [0.1, 0.15) is 34.6 Å². The van der Waals surface area contributed by atoms with Crippen molar-refractivity contribution in [1.29, 1.82) is 0 Å². The van der Waals surface area contributed by atoms with E-state index in [9.17, 15) is 14.0 Å². The maximum Gasteiger partial charge on any atom is 0.416 e. The SMILES string of the molecule is CCOC(=O)N(CCOc1ccc(Oc2ccc(F)cc2)cc1)C(=O)[C@@H](NN(CC)CC)C(C)C. The quantitative estimate of drug-likeness (QED) is 0.403. The third-order valence-corrected chi connectivity index (χ3v) is 5.23. The monoisotopic (exact) mass is 489 g/mol. The van der Waals surface area contributed by atoms with Gasteiger partial charge in [-0.3, -0.25) is 4.79 Å². The Morgan fingerprint density at radius 1 is 0.914 bits per heavy atom. The fraction of sp³-hybridized carbons (Fsp3) is 0.462. The van der Waals surface area contributed by atoms with Crippen molar-refractivity contribution in [3.05, 3.63) is 54.3 Å². The van der Waals surface area contributed by atoms with Crippen LogP contribution in [-0.2, 0) is 9.53 Å². The smallest absolute Gasteiger partial charge is 0.416 e. The van der Waals surface area contributed by atoms with E-state index in [1.165, 1.54) is 12.1 Å². The summed E-state index contributed by atoms with van der Waals surface area (Å²) in [5.74, 6) is 0.886. The van der Waals surface area contributed by atoms with Crippen molar-refractivity contribution >= 4 is 12.0 Å². The molecule has 2 aromatic carbocycles. The third kappa shape index (κ3) is 8.84. The Morgan fingerprint density at radius 3 is 1.97 bits per heavy atom. The molecule has 35 heavy (non-hydrogen) atoms. The van der Waals surface area contributed by atoms with E-state index in [2.05, 4.69) is 5.43 Å². The zero-order valence-electron chi connectivity index (χ0n) is 21.1. The van der Waals surface area contributed by atoms with E-state index in [-0.39, 0.29) is 37.4 Å². The molecule has 0 aromatic heterocycles. The molecule has 0 radical (unpaired) electrons. The van der Waals surface area contributed by atoms with Gasteiger partial charge < -0.3 is 14.2 Å². The van der Waals surface area contributed by atoms with Crippen molar-refractivity contribution < 1.29 is 28.2 Å². The number of hydrazine groups is 1. The number of ether oxygens (including phenoxy) is 3. The van der Waals surface area contributed by atoms with Gasteiger partial charge in [-0.15, -0.1) is 0 Å². The van der Waals surface area contributed by atoms with Gasteiger partial charge in [-0.2, -0.15) is 0 Å². The average molecular weight is 490 g/mol. The maximum absolute atomic E-state index is 13.3. The highest BCUT2D eigenvalue weighted by Gasteiger charge is 2.32. The summed E-state index contributed by atoms with van der Waals surface area (Å²) in [7, 11) is 0. The van der Waals surface area contributed by atoms with Gasteiger partial charge in [-0.05, 0) is 61.4 Å². The Hall–Kier alpha value is -3.17. The molecule has 192 valence electrons. The topological polar surface area (TPSA) is 80.3 Å². The minimum Gasteiger partial charge on any atom is -0.492 e. The molecule has 0 heterocycles. The summed E-state index contributed by atoms with van der Waals surface area (Å²) in [6.45, 7) is 11.3. The third-order valence-electron chi connectivity index (χ3n) is 5.23. The van der Waals surface area contributed by atoms with Gasteiger partial charge in [0.25, 0.3) is 5.91 Å². The van der Waals surface area contributed by atoms with Gasteiger partial charge in [0, 0.05) is 13.1 Å². The summed E-state index contributed by atoms with van der Waals surface area (Å²) in [5, 5.41) is 1.93. The Labute approximate surface area is 206 Å². The van der Waals surface area contributed by atoms with Gasteiger partial charge in [-0.25, -0.2) is 24.5 Å². The number of carbonyl (C=O) groups excluding carboxylic acids is 2. The molecule has 0 aliphatic heterocycles. The number of nitrogens with zero attached hydrogens (tertiary/aromatic N) is 2. The van der Waals surface area contributed by atoms with Crippen molar-refractivity contribution in [2.45, 2.75) is 40.7 Å². The first-order chi connectivity index (χ1) is 16.8. The van der Waals surface area contributed by atoms with E-state index in [1.54, 1.807) is 43.3 Å². The van der Waals surface area contributed by atoms with Crippen LogP contribution in [0.3, 0.4) is 0 Å². The van der Waals surface area contributed by atoms with Crippen LogP contribution >= 0.6 is 0 Å². The van der Waals surface area contributed by atoms with Crippen molar-refractivity contribution in [2.24, 2.45) is 5.92 Å². The molecule has 0 aliphatic rings. The van der Waals surface area contributed by atoms with E-state index in [0.29, 0.717) is 17.2 Å². The highest BCUT2D eigenvalue weighted by Crippen LogP contribution is 2.24. The standard InChI is InChI=1S/C26H36FN3O5/c1-6-29(7-2)28-24(19(4)5)25(31)30(26(32)33-8-3)17-18-34-21-13-15-23(16-14-21)35-22-11-9-20(27)10-12-22/h9-16,19,24,28H,6-8,17-18H2,1-5H3/t24-/m0/s1. The zero-order valence-corrected chi connectivity index (χ0v) is 21.1. The van der Waals surface area contributed by atoms with Crippen LogP contribution in [0.25, 0.3) is 0 Å². The molecule has 0 fully saturated rings. The minimum atomic E-state index is -0.698. The molecular weight excluding hydrogens is 453 g/mol. The first-order valence-corrected chi connectivity index (χ1v) is 11.9. The molecule has 9 heteroatoms. The number of nitrogens with one attached hydrogen (secondary N) is 1. The van der Waals surface area contributed by atoms with Crippen molar-refractivity contribution in [1.82, 2.24) is 15.3 Å². The molecular formula is C26H36FN3O5. The summed E-state index contributed by atoms with van der Waals surface area (Å²) in [6, 6.07) is 12.0. The number of hydrogen-bond acceptors (Lipinski definition) is 7. The van der Waals surface area contributed by atoms with Crippen LogP contribution in [0.15, 0.2) is 48.5 Å². The molecule has 0 unspecified atom stereocenters. The molecule has 2 rings (SSSR count). The van der Waals surface area contributed by atoms with Crippen molar-refractivity contribution in [3.8, 4) is 17.2 Å². The van der Waals surface area contributed by atoms with Gasteiger partial charge in [0.2, 0.25) is 0 Å². The molecule has 0 aliphatic carbocycles. The average Bonchev–Trinajstić information content (AvgIpc) is 2.84. The van der Waals surface area contributed by atoms with Crippen molar-refractivity contribution in [2.75, 3.05) is 32.8 Å². The van der Waals surface area contributed by atoms with Crippen LogP contribution < -0.4 is 14.9 Å². The van der Waals surface area contributed by atoms with Crippen LogP contribution in [-0.4, -0.2) is 60.8 Å². The zero-order chi connectivity index (χ0) is 25.8. The fourth-order valence-electron chi connectivity index (χ4n) is 3.25. The summed E-state index contributed by atoms with van der Waals surface area (Å²) < 4.78 is 29.6. The van der Waals surface area contributed by atoms with Gasteiger partial charge in [-0.1, -0.05) is 27.7 Å². The number of rotatable bonds is 13. The molecule has 2 aromatic rings. The number of amides is 2. The Kier molecular flexibility index (Phi) is 11.5. The first kappa shape index (κ1) is 28.1. The second kappa shape index (κ2) is 14.3. The van der Waals surface area contributed by atoms with Crippen LogP contribution in [0, 0.1) is 11.7 Å². The van der Waals surface area contributed by atoms with Crippen LogP contribution in [0.4, 0.5) is 9.18 Å². The number of hydrogen-bond donors (Lipinski definition) is 1. The van der Waals surface area contributed by atoms with Gasteiger partial charge >= 0.3 is 6.09 Å². The van der Waals surface area contributed by atoms with Crippen LogP contribution in [0.2, 0.25) is 0 Å². The Balaban J connectivity index is 2.01. The van der Waals surface area contributed by atoms with Gasteiger partial charge in [0.1, 0.15) is 35.7 Å². The van der Waals surface area contributed by atoms with E-state index in [4.69, 9.17) is 14.2 Å². The lowest BCUT2D eigenvalue weighted by molar-refractivity contribution is -0.134. The molecule has 0 bridgehead atoms. The molecule has 1 atom stereocenters. The minimum absolute atomic E-state index is 0.0364. The first-order valence-electron chi connectivity index (χ1n) is 11.9. The maximum atomic E-state index is 13.3. The number of halogens is 1. The Bertz CT molecular complexity index is 918. The summed E-state index contributed by atoms with van der Waals surface area (Å²) >= 11 is 0. The van der Waals surface area contributed by atoms with E-state index < -0.39 is 12.1 Å². The Morgan fingerprint density at radius 2 is 1.46 bits per heavy atom. The lowest BCUT2D eigenvalue weighted by atomic mass is 10.0. The normalized spacial score (nSPS) is 11.9. The molecule has 0 saturated carbocycles. The van der Waals surface area contributed by atoms with E-state index in [1.807, 2.05) is 32.7 Å². The van der Waals surface area contributed by atoms with E-state index in [0.717, 1.165) is 18.0 Å². The number of imide groups is 1. The molecule has 0 spiro atoms. The fourth-order valence-corrected chi connectivity index (χ4v) is 3.25.